The minimum absolute atomic E-state index is 0.138. The molecular weight excluding hydrogens is 398 g/mol. The van der Waals surface area contributed by atoms with Crippen molar-refractivity contribution < 1.29 is 9.53 Å². The molecule has 1 aliphatic rings. The molecule has 0 saturated carbocycles. The van der Waals surface area contributed by atoms with E-state index < -0.39 is 0 Å². The van der Waals surface area contributed by atoms with Crippen molar-refractivity contribution in [3.05, 3.63) is 114 Å². The Morgan fingerprint density at radius 1 is 0.969 bits per heavy atom. The number of carbonyl (C=O) groups excluding carboxylic acids is 1. The Labute approximate surface area is 187 Å². The number of nitrogens with one attached hydrogen (secondary N) is 1. The third-order valence-corrected chi connectivity index (χ3v) is 5.93. The van der Waals surface area contributed by atoms with Gasteiger partial charge in [0.25, 0.3) is 0 Å². The van der Waals surface area contributed by atoms with E-state index in [1.165, 1.54) is 0 Å². The second-order valence-corrected chi connectivity index (χ2v) is 8.03. The first-order chi connectivity index (χ1) is 15.6. The average Bonchev–Trinajstić information content (AvgIpc) is 3.23. The van der Waals surface area contributed by atoms with E-state index in [0.717, 1.165) is 39.5 Å². The predicted octanol–water partition coefficient (Wildman–Crippen LogP) is 5.93. The number of amides is 2. The second kappa shape index (κ2) is 8.27. The normalized spacial score (nSPS) is 14.8. The van der Waals surface area contributed by atoms with Crippen LogP contribution in [0.25, 0.3) is 5.69 Å². The van der Waals surface area contributed by atoms with Crippen LogP contribution in [0, 0.1) is 6.92 Å². The molecule has 1 aliphatic heterocycles. The van der Waals surface area contributed by atoms with Gasteiger partial charge in [-0.3, -0.25) is 0 Å². The van der Waals surface area contributed by atoms with E-state index in [0.29, 0.717) is 6.54 Å². The summed E-state index contributed by atoms with van der Waals surface area (Å²) in [5.41, 5.74) is 6.15. The van der Waals surface area contributed by atoms with Crippen LogP contribution in [-0.2, 0) is 6.54 Å². The van der Waals surface area contributed by atoms with Crippen LogP contribution in [0.15, 0.2) is 91.1 Å². The number of fused-ring (bicyclic) bond motifs is 3. The summed E-state index contributed by atoms with van der Waals surface area (Å²) < 4.78 is 7.54. The summed E-state index contributed by atoms with van der Waals surface area (Å²) in [5, 5.41) is 3.11. The van der Waals surface area contributed by atoms with Crippen LogP contribution in [0.4, 0.5) is 10.5 Å². The van der Waals surface area contributed by atoms with Crippen LogP contribution >= 0.6 is 0 Å². The largest absolute Gasteiger partial charge is 0.497 e. The Morgan fingerprint density at radius 3 is 2.56 bits per heavy atom. The molecule has 0 unspecified atom stereocenters. The molecule has 0 saturated heterocycles. The maximum absolute atomic E-state index is 13.7. The first-order valence-electron chi connectivity index (χ1n) is 10.7. The van der Waals surface area contributed by atoms with Crippen molar-refractivity contribution in [3.8, 4) is 11.4 Å². The summed E-state index contributed by atoms with van der Waals surface area (Å²) in [6, 6.07) is 27.8. The SMILES string of the molecule is COc1ccc([C@H]2c3cccn3-c3ccccc3CN2C(=O)Nc2cccc(C)c2)cc1. The Bertz CT molecular complexity index is 1260. The Balaban J connectivity index is 1.62. The molecule has 0 aliphatic carbocycles. The van der Waals surface area contributed by atoms with Gasteiger partial charge in [0.2, 0.25) is 0 Å². The first-order valence-corrected chi connectivity index (χ1v) is 10.7. The van der Waals surface area contributed by atoms with E-state index in [1.54, 1.807) is 7.11 Å². The minimum Gasteiger partial charge on any atom is -0.497 e. The first kappa shape index (κ1) is 19.9. The highest BCUT2D eigenvalue weighted by Crippen LogP contribution is 2.37. The van der Waals surface area contributed by atoms with Crippen molar-refractivity contribution in [1.29, 1.82) is 0 Å². The predicted molar refractivity (Wildman–Crippen MR) is 126 cm³/mol. The van der Waals surface area contributed by atoms with E-state index in [4.69, 9.17) is 4.74 Å². The number of methoxy groups -OCH3 is 1. The molecular formula is C27H25N3O2. The summed E-state index contributed by atoms with van der Waals surface area (Å²) in [5.74, 6) is 0.789. The number of hydrogen-bond acceptors (Lipinski definition) is 2. The molecule has 4 aromatic rings. The minimum atomic E-state index is -0.256. The van der Waals surface area contributed by atoms with Crippen molar-refractivity contribution in [2.24, 2.45) is 0 Å². The van der Waals surface area contributed by atoms with Gasteiger partial charge in [-0.1, -0.05) is 42.5 Å². The third-order valence-electron chi connectivity index (χ3n) is 5.93. The fourth-order valence-electron chi connectivity index (χ4n) is 4.39. The number of aromatic nitrogens is 1. The number of para-hydroxylation sites is 1. The molecule has 32 heavy (non-hydrogen) atoms. The lowest BCUT2D eigenvalue weighted by atomic mass is 10.0. The highest BCUT2D eigenvalue weighted by molar-refractivity contribution is 5.90. The smallest absolute Gasteiger partial charge is 0.322 e. The topological polar surface area (TPSA) is 46.5 Å². The fraction of sp³-hybridized carbons (Fsp3) is 0.148. The van der Waals surface area contributed by atoms with E-state index in [9.17, 15) is 4.79 Å². The fourth-order valence-corrected chi connectivity index (χ4v) is 4.39. The average molecular weight is 424 g/mol. The van der Waals surface area contributed by atoms with Gasteiger partial charge in [0.15, 0.2) is 0 Å². The number of rotatable bonds is 3. The molecule has 1 N–H and O–H groups in total. The number of anilines is 1. The van der Waals surface area contributed by atoms with Crippen LogP contribution in [0.1, 0.15) is 28.4 Å². The maximum Gasteiger partial charge on any atom is 0.322 e. The number of aryl methyl sites for hydroxylation is 1. The summed E-state index contributed by atoms with van der Waals surface area (Å²) in [4.78, 5) is 15.6. The molecule has 3 aromatic carbocycles. The van der Waals surface area contributed by atoms with Gasteiger partial charge in [-0.25, -0.2) is 4.79 Å². The Hall–Kier alpha value is -3.99. The van der Waals surface area contributed by atoms with Gasteiger partial charge < -0.3 is 19.5 Å². The number of hydrogen-bond donors (Lipinski definition) is 1. The third kappa shape index (κ3) is 3.62. The van der Waals surface area contributed by atoms with Gasteiger partial charge in [0.1, 0.15) is 5.75 Å². The zero-order valence-corrected chi connectivity index (χ0v) is 18.2. The molecule has 5 heteroatoms. The van der Waals surface area contributed by atoms with Crippen LogP contribution < -0.4 is 10.1 Å². The quantitative estimate of drug-likeness (QED) is 0.444. The van der Waals surface area contributed by atoms with Crippen LogP contribution in [0.3, 0.4) is 0 Å². The summed E-state index contributed by atoms with van der Waals surface area (Å²) in [7, 11) is 1.66. The van der Waals surface area contributed by atoms with Crippen LogP contribution in [0.2, 0.25) is 0 Å². The molecule has 1 aromatic heterocycles. The van der Waals surface area contributed by atoms with Crippen molar-refractivity contribution in [1.82, 2.24) is 9.47 Å². The van der Waals surface area contributed by atoms with Crippen molar-refractivity contribution in [2.75, 3.05) is 12.4 Å². The number of urea groups is 1. The van der Waals surface area contributed by atoms with E-state index in [-0.39, 0.29) is 12.1 Å². The Morgan fingerprint density at radius 2 is 1.78 bits per heavy atom. The molecule has 2 amide bonds. The molecule has 1 atom stereocenters. The monoisotopic (exact) mass is 423 g/mol. The second-order valence-electron chi connectivity index (χ2n) is 8.03. The maximum atomic E-state index is 13.7. The van der Waals surface area contributed by atoms with E-state index >= 15 is 0 Å². The highest BCUT2D eigenvalue weighted by Gasteiger charge is 2.33. The van der Waals surface area contributed by atoms with Crippen molar-refractivity contribution in [2.45, 2.75) is 19.5 Å². The molecule has 5 rings (SSSR count). The lowest BCUT2D eigenvalue weighted by Crippen LogP contribution is -2.37. The number of carbonyl (C=O) groups is 1. The zero-order chi connectivity index (χ0) is 22.1. The van der Waals surface area contributed by atoms with Gasteiger partial charge in [-0.15, -0.1) is 0 Å². The molecule has 0 bridgehead atoms. The molecule has 2 heterocycles. The van der Waals surface area contributed by atoms with Gasteiger partial charge in [-0.2, -0.15) is 0 Å². The van der Waals surface area contributed by atoms with Gasteiger partial charge in [-0.05, 0) is 66.1 Å². The number of ether oxygens (including phenoxy) is 1. The number of nitrogens with zero attached hydrogens (tertiary/aromatic N) is 2. The lowest BCUT2D eigenvalue weighted by molar-refractivity contribution is 0.194. The highest BCUT2D eigenvalue weighted by atomic mass is 16.5. The van der Waals surface area contributed by atoms with E-state index in [2.05, 4.69) is 34.3 Å². The van der Waals surface area contributed by atoms with Gasteiger partial charge in [0, 0.05) is 17.6 Å². The number of benzene rings is 3. The van der Waals surface area contributed by atoms with Crippen LogP contribution in [0.5, 0.6) is 5.75 Å². The molecule has 0 fully saturated rings. The van der Waals surface area contributed by atoms with Crippen molar-refractivity contribution >= 4 is 11.7 Å². The zero-order valence-electron chi connectivity index (χ0n) is 18.2. The van der Waals surface area contributed by atoms with Crippen molar-refractivity contribution in [3.63, 3.8) is 0 Å². The van der Waals surface area contributed by atoms with Gasteiger partial charge in [0.05, 0.1) is 25.4 Å². The molecule has 160 valence electrons. The van der Waals surface area contributed by atoms with E-state index in [1.807, 2.05) is 78.6 Å². The lowest BCUT2D eigenvalue weighted by Gasteiger charge is -2.31. The summed E-state index contributed by atoms with van der Waals surface area (Å²) in [6.45, 7) is 2.51. The Kier molecular flexibility index (Phi) is 5.15. The molecule has 5 nitrogen and oxygen atoms in total. The van der Waals surface area contributed by atoms with Gasteiger partial charge >= 0.3 is 6.03 Å². The summed E-state index contributed by atoms with van der Waals surface area (Å²) in [6.07, 6.45) is 2.06. The molecule has 0 radical (unpaired) electrons. The van der Waals surface area contributed by atoms with Crippen LogP contribution in [-0.4, -0.2) is 22.6 Å². The summed E-state index contributed by atoms with van der Waals surface area (Å²) >= 11 is 0. The standard InChI is InChI=1S/C27H25N3O2/c1-19-7-5-9-22(17-19)28-27(31)30-18-21-8-3-4-10-24(21)29-16-6-11-25(29)26(30)20-12-14-23(32-2)15-13-20/h3-17,26H,18H2,1-2H3,(H,28,31)/t26-/m0/s1. The molecule has 0 spiro atoms.